The molecule has 13 aromatic rings. The quantitative estimate of drug-likeness (QED) is 0.112. The second-order valence-corrected chi connectivity index (χ2v) is 20.6. The minimum absolute atomic E-state index is 1.14. The second-order valence-electron chi connectivity index (χ2n) is 16.8. The summed E-state index contributed by atoms with van der Waals surface area (Å²) in [6.45, 7) is 0. The summed E-state index contributed by atoms with van der Waals surface area (Å²) in [4.78, 5) is 0. The minimum atomic E-state index is -3.14. The average Bonchev–Trinajstić information content (AvgIpc) is 4.02. The monoisotopic (exact) mass is 831 g/mol. The summed E-state index contributed by atoms with van der Waals surface area (Å²) in [5.41, 5.74) is 10.6. The fourth-order valence-corrected chi connectivity index (χ4v) is 16.0. The van der Waals surface area contributed by atoms with E-state index in [2.05, 4.69) is 262 Å². The van der Waals surface area contributed by atoms with E-state index in [9.17, 15) is 0 Å². The van der Waals surface area contributed by atoms with Crippen molar-refractivity contribution >= 4 is 94.2 Å². The number of fused-ring (bicyclic) bond motifs is 9. The molecule has 0 atom stereocenters. The van der Waals surface area contributed by atoms with Gasteiger partial charge in [0, 0.05) is 38.0 Å². The molecule has 4 heteroatoms. The summed E-state index contributed by atoms with van der Waals surface area (Å²) in [6.07, 6.45) is 0. The molecule has 0 radical (unpaired) electrons. The Bertz CT molecular complexity index is 3730. The SMILES string of the molecule is c1ccc(-n2c3ccccc3c3c(-n4c5ccccc5c5ccc([Si](c6ccccc6)(c6ccccc6)c6ccccc6)c(-n6c7ccccc7c7ccccc76)c54)cccc32)cc1. The van der Waals surface area contributed by atoms with Crippen LogP contribution in [0.4, 0.5) is 0 Å². The van der Waals surface area contributed by atoms with Gasteiger partial charge in [0.1, 0.15) is 0 Å². The van der Waals surface area contributed by atoms with Crippen molar-refractivity contribution in [2.75, 3.05) is 0 Å². The van der Waals surface area contributed by atoms with Crippen LogP contribution in [0.2, 0.25) is 0 Å². The van der Waals surface area contributed by atoms with Gasteiger partial charge in [0.05, 0.1) is 44.5 Å². The lowest BCUT2D eigenvalue weighted by Crippen LogP contribution is -2.75. The molecule has 0 saturated heterocycles. The average molecular weight is 832 g/mol. The maximum absolute atomic E-state index is 3.14. The number of rotatable bonds is 7. The van der Waals surface area contributed by atoms with E-state index in [4.69, 9.17) is 0 Å². The summed E-state index contributed by atoms with van der Waals surface area (Å²) < 4.78 is 7.65. The zero-order valence-electron chi connectivity index (χ0n) is 35.0. The van der Waals surface area contributed by atoms with Crippen molar-refractivity contribution in [2.45, 2.75) is 0 Å². The molecule has 3 nitrogen and oxygen atoms in total. The molecule has 0 bridgehead atoms. The van der Waals surface area contributed by atoms with Crippen molar-refractivity contribution in [3.05, 3.63) is 249 Å². The predicted octanol–water partition coefficient (Wildman–Crippen LogP) is 12.4. The highest BCUT2D eigenvalue weighted by atomic mass is 28.3. The zero-order valence-corrected chi connectivity index (χ0v) is 36.0. The molecule has 10 aromatic carbocycles. The number of benzene rings is 10. The van der Waals surface area contributed by atoms with Crippen molar-refractivity contribution in [3.8, 4) is 17.1 Å². The van der Waals surface area contributed by atoms with Crippen LogP contribution in [0.5, 0.6) is 0 Å². The lowest BCUT2D eigenvalue weighted by molar-refractivity contribution is 1.14. The third kappa shape index (κ3) is 5.15. The van der Waals surface area contributed by atoms with Crippen LogP contribution >= 0.6 is 0 Å². The number of hydrogen-bond acceptors (Lipinski definition) is 0. The fourth-order valence-electron chi connectivity index (χ4n) is 11.1. The van der Waals surface area contributed by atoms with E-state index in [1.165, 1.54) is 91.9 Å². The minimum Gasteiger partial charge on any atom is -0.309 e. The summed E-state index contributed by atoms with van der Waals surface area (Å²) in [7, 11) is -3.14. The largest absolute Gasteiger partial charge is 0.309 e. The topological polar surface area (TPSA) is 14.8 Å². The highest BCUT2D eigenvalue weighted by Crippen LogP contribution is 2.43. The van der Waals surface area contributed by atoms with Crippen molar-refractivity contribution in [3.63, 3.8) is 0 Å². The number of hydrogen-bond donors (Lipinski definition) is 0. The first-order valence-electron chi connectivity index (χ1n) is 22.1. The van der Waals surface area contributed by atoms with E-state index in [0.717, 1.165) is 11.4 Å². The van der Waals surface area contributed by atoms with Gasteiger partial charge in [-0.3, -0.25) is 0 Å². The van der Waals surface area contributed by atoms with Gasteiger partial charge in [-0.1, -0.05) is 200 Å². The normalized spacial score (nSPS) is 12.1. The first-order chi connectivity index (χ1) is 31.8. The van der Waals surface area contributed by atoms with Crippen molar-refractivity contribution < 1.29 is 0 Å². The molecule has 3 aromatic heterocycles. The molecule has 0 amide bonds. The van der Waals surface area contributed by atoms with Crippen LogP contribution in [-0.2, 0) is 0 Å². The molecule has 0 aliphatic rings. The molecule has 0 aliphatic heterocycles. The van der Waals surface area contributed by atoms with Crippen LogP contribution in [0.1, 0.15) is 0 Å². The van der Waals surface area contributed by atoms with E-state index >= 15 is 0 Å². The van der Waals surface area contributed by atoms with Crippen molar-refractivity contribution in [2.24, 2.45) is 0 Å². The van der Waals surface area contributed by atoms with Gasteiger partial charge in [-0.05, 0) is 69.3 Å². The maximum Gasteiger partial charge on any atom is 0.181 e. The van der Waals surface area contributed by atoms with E-state index in [1.54, 1.807) is 0 Å². The molecule has 0 aliphatic carbocycles. The lowest BCUT2D eigenvalue weighted by Gasteiger charge is -2.36. The van der Waals surface area contributed by atoms with Crippen LogP contribution in [0.25, 0.3) is 82.5 Å². The van der Waals surface area contributed by atoms with E-state index < -0.39 is 8.07 Å². The van der Waals surface area contributed by atoms with Gasteiger partial charge in [-0.25, -0.2) is 0 Å². The second kappa shape index (κ2) is 14.5. The molecule has 0 N–H and O–H groups in total. The molecule has 0 spiro atoms. The Morgan fingerprint density at radius 2 is 0.672 bits per heavy atom. The summed E-state index contributed by atoms with van der Waals surface area (Å²) in [5, 5.41) is 12.7. The maximum atomic E-state index is 2.61. The Hall–Kier alpha value is -8.18. The van der Waals surface area contributed by atoms with E-state index in [-0.39, 0.29) is 0 Å². The van der Waals surface area contributed by atoms with Gasteiger partial charge in [-0.2, -0.15) is 0 Å². The summed E-state index contributed by atoms with van der Waals surface area (Å²) >= 11 is 0. The molecular formula is C60H41N3Si. The van der Waals surface area contributed by atoms with Crippen LogP contribution in [0, 0.1) is 0 Å². The molecule has 3 heterocycles. The molecule has 0 fully saturated rings. The number of para-hydroxylation sites is 5. The number of aromatic nitrogens is 3. The fraction of sp³-hybridized carbons (Fsp3) is 0. The number of nitrogens with zero attached hydrogens (tertiary/aromatic N) is 3. The third-order valence-corrected chi connectivity index (χ3v) is 18.4. The summed E-state index contributed by atoms with van der Waals surface area (Å²) in [5.74, 6) is 0. The highest BCUT2D eigenvalue weighted by molar-refractivity contribution is 7.20. The molecule has 300 valence electrons. The first-order valence-corrected chi connectivity index (χ1v) is 24.1. The predicted molar refractivity (Wildman–Crippen MR) is 273 cm³/mol. The third-order valence-electron chi connectivity index (χ3n) is 13.6. The Morgan fingerprint density at radius 1 is 0.266 bits per heavy atom. The van der Waals surface area contributed by atoms with Crippen LogP contribution < -0.4 is 20.7 Å². The highest BCUT2D eigenvalue weighted by Gasteiger charge is 2.44. The van der Waals surface area contributed by atoms with E-state index in [0.29, 0.717) is 0 Å². The Kier molecular flexibility index (Phi) is 8.23. The van der Waals surface area contributed by atoms with E-state index in [1.807, 2.05) is 0 Å². The van der Waals surface area contributed by atoms with Gasteiger partial charge in [0.2, 0.25) is 0 Å². The molecule has 0 unspecified atom stereocenters. The van der Waals surface area contributed by atoms with Gasteiger partial charge >= 0.3 is 0 Å². The zero-order chi connectivity index (χ0) is 42.2. The first kappa shape index (κ1) is 36.5. The van der Waals surface area contributed by atoms with Crippen LogP contribution in [-0.4, -0.2) is 21.8 Å². The van der Waals surface area contributed by atoms with Gasteiger partial charge in [0.15, 0.2) is 8.07 Å². The smallest absolute Gasteiger partial charge is 0.181 e. The van der Waals surface area contributed by atoms with Gasteiger partial charge in [-0.15, -0.1) is 0 Å². The molecule has 64 heavy (non-hydrogen) atoms. The lowest BCUT2D eigenvalue weighted by atomic mass is 10.1. The molecule has 0 saturated carbocycles. The standard InChI is InChI=1S/C60H41N3Si/c1-5-22-42(23-6-1)61-54-37-20-16-33-50(54)58-55(61)38-21-39-56(58)63-53-36-19-15-32-48(53)49-40-41-57(60(59(49)63)62-51-34-17-13-30-46(51)47-31-14-18-35-52(47)62)64(43-24-7-2-8-25-43,44-26-9-3-10-27-44)45-28-11-4-12-29-45/h1-41H. The molecule has 13 rings (SSSR count). The summed E-state index contributed by atoms with van der Waals surface area (Å²) in [6, 6.07) is 92.5. The molecular weight excluding hydrogens is 791 g/mol. The Morgan fingerprint density at radius 3 is 1.20 bits per heavy atom. The van der Waals surface area contributed by atoms with Gasteiger partial charge < -0.3 is 13.7 Å². The van der Waals surface area contributed by atoms with Crippen LogP contribution in [0.3, 0.4) is 0 Å². The Balaban J connectivity index is 1.30. The van der Waals surface area contributed by atoms with Crippen molar-refractivity contribution in [1.29, 1.82) is 0 Å². The van der Waals surface area contributed by atoms with Gasteiger partial charge in [0.25, 0.3) is 0 Å². The van der Waals surface area contributed by atoms with Crippen LogP contribution in [0.15, 0.2) is 249 Å². The Labute approximate surface area is 372 Å². The van der Waals surface area contributed by atoms with Crippen molar-refractivity contribution in [1.82, 2.24) is 13.7 Å².